The molecule has 0 spiro atoms. The van der Waals surface area contributed by atoms with Crippen molar-refractivity contribution in [3.63, 3.8) is 0 Å². The minimum absolute atomic E-state index is 0.482. The minimum atomic E-state index is 0.482. The molecule has 7 aromatic rings. The van der Waals surface area contributed by atoms with Crippen LogP contribution in [0.25, 0.3) is 21.8 Å². The fourth-order valence-electron chi connectivity index (χ4n) is 5.02. The lowest BCUT2D eigenvalue weighted by atomic mass is 10.2. The lowest BCUT2D eigenvalue weighted by Gasteiger charge is -2.09. The average molecular weight is 599 g/mol. The molecule has 7 rings (SSSR count). The molecule has 0 amide bonds. The van der Waals surface area contributed by atoms with Crippen molar-refractivity contribution in [1.82, 2.24) is 9.97 Å². The number of hydrogen-bond donors (Lipinski definition) is 0. The van der Waals surface area contributed by atoms with Crippen LogP contribution in [0.4, 0.5) is 11.4 Å². The van der Waals surface area contributed by atoms with Gasteiger partial charge in [0.15, 0.2) is 0 Å². The topological polar surface area (TPSA) is 69.0 Å². The number of ether oxygens (including phenoxy) is 2. The van der Waals surface area contributed by atoms with Gasteiger partial charge in [-0.25, -0.2) is 9.97 Å². The molecule has 2 aromatic heterocycles. The molecule has 0 N–H and O–H groups in total. The maximum absolute atomic E-state index is 6.11. The monoisotopic (exact) mass is 598 g/mol. The molecule has 0 saturated carbocycles. The minimum Gasteiger partial charge on any atom is -0.487 e. The molecular weight excluding hydrogens is 568 g/mol. The first-order valence-corrected chi connectivity index (χ1v) is 15.1. The maximum Gasteiger partial charge on any atom is 0.146 e. The van der Waals surface area contributed by atoms with Crippen LogP contribution in [0.15, 0.2) is 156 Å². The Kier molecular flexibility index (Phi) is 8.50. The van der Waals surface area contributed by atoms with E-state index in [9.17, 15) is 0 Å². The number of pyridine rings is 2. The van der Waals surface area contributed by atoms with E-state index in [1.165, 1.54) is 0 Å². The first-order valence-electron chi connectivity index (χ1n) is 15.1. The van der Waals surface area contributed by atoms with Gasteiger partial charge in [0.1, 0.15) is 35.7 Å². The van der Waals surface area contributed by atoms with Gasteiger partial charge in [0.2, 0.25) is 0 Å². The quantitative estimate of drug-likeness (QED) is 0.147. The third kappa shape index (κ3) is 6.98. The van der Waals surface area contributed by atoms with E-state index in [1.807, 2.05) is 146 Å². The number of para-hydroxylation sites is 2. The summed E-state index contributed by atoms with van der Waals surface area (Å²) >= 11 is 0. The second kappa shape index (κ2) is 13.7. The van der Waals surface area contributed by atoms with E-state index in [0.717, 1.165) is 67.2 Å². The highest BCUT2D eigenvalue weighted by Crippen LogP contribution is 2.27. The van der Waals surface area contributed by atoms with E-state index in [2.05, 4.69) is 9.98 Å². The van der Waals surface area contributed by atoms with Crippen LogP contribution in [-0.4, -0.2) is 22.4 Å². The van der Waals surface area contributed by atoms with Crippen molar-refractivity contribution in [2.75, 3.05) is 0 Å². The van der Waals surface area contributed by atoms with Crippen LogP contribution in [0.3, 0.4) is 0 Å². The molecule has 2 heterocycles. The van der Waals surface area contributed by atoms with E-state index in [4.69, 9.17) is 19.4 Å². The van der Waals surface area contributed by atoms with E-state index in [1.54, 1.807) is 12.4 Å². The second-order valence-corrected chi connectivity index (χ2v) is 10.7. The maximum atomic E-state index is 6.11. The number of aliphatic imine (C=N–C) groups is 2. The van der Waals surface area contributed by atoms with Gasteiger partial charge in [0.25, 0.3) is 0 Å². The third-order valence-electron chi connectivity index (χ3n) is 7.43. The van der Waals surface area contributed by atoms with Crippen LogP contribution in [0.2, 0.25) is 0 Å². The van der Waals surface area contributed by atoms with Crippen LogP contribution < -0.4 is 9.47 Å². The largest absolute Gasteiger partial charge is 0.487 e. The summed E-state index contributed by atoms with van der Waals surface area (Å²) in [5, 5.41) is 2.03. The number of fused-ring (bicyclic) bond motifs is 2. The molecule has 46 heavy (non-hydrogen) atoms. The first-order chi connectivity index (χ1) is 22.8. The number of rotatable bonds is 10. The van der Waals surface area contributed by atoms with E-state index in [0.29, 0.717) is 13.2 Å². The van der Waals surface area contributed by atoms with Gasteiger partial charge in [-0.3, -0.25) is 9.98 Å². The highest BCUT2D eigenvalue weighted by molar-refractivity contribution is 5.90. The Morgan fingerprint density at radius 3 is 1.30 bits per heavy atom. The van der Waals surface area contributed by atoms with Gasteiger partial charge in [-0.1, -0.05) is 97.1 Å². The highest BCUT2D eigenvalue weighted by Gasteiger charge is 2.07. The summed E-state index contributed by atoms with van der Waals surface area (Å²) in [6.45, 7) is 0.964. The lowest BCUT2D eigenvalue weighted by Crippen LogP contribution is -1.97. The highest BCUT2D eigenvalue weighted by atomic mass is 16.5. The molecule has 0 aliphatic carbocycles. The average Bonchev–Trinajstić information content (AvgIpc) is 3.12. The van der Waals surface area contributed by atoms with Gasteiger partial charge < -0.3 is 9.47 Å². The SMILES string of the molecule is C(=Nc1ccc(N=Cc2ccc3cccc(OCc4ccccc4)c3n2)cc1)c1ccc2cccc(OCc3ccccc3)c2n1. The van der Waals surface area contributed by atoms with Crippen molar-refractivity contribution in [1.29, 1.82) is 0 Å². The van der Waals surface area contributed by atoms with Crippen molar-refractivity contribution < 1.29 is 9.47 Å². The van der Waals surface area contributed by atoms with Crippen molar-refractivity contribution in [3.05, 3.63) is 168 Å². The number of hydrogen-bond acceptors (Lipinski definition) is 6. The predicted molar refractivity (Wildman–Crippen MR) is 186 cm³/mol. The molecule has 6 nitrogen and oxygen atoms in total. The number of benzene rings is 5. The second-order valence-electron chi connectivity index (χ2n) is 10.7. The Labute approximate surface area is 267 Å². The van der Waals surface area contributed by atoms with E-state index >= 15 is 0 Å². The van der Waals surface area contributed by atoms with Crippen LogP contribution in [0.1, 0.15) is 22.5 Å². The van der Waals surface area contributed by atoms with Gasteiger partial charge >= 0.3 is 0 Å². The molecule has 0 aliphatic heterocycles. The normalized spacial score (nSPS) is 11.5. The molecule has 0 atom stereocenters. The number of nitrogens with zero attached hydrogens (tertiary/aromatic N) is 4. The standard InChI is InChI=1S/C40H30N4O2/c1-3-9-29(10-4-1)27-45-37-15-7-13-31-17-19-35(43-39(31)37)25-41-33-21-23-34(24-22-33)42-26-36-20-18-32-14-8-16-38(40(32)44-36)46-28-30-11-5-2-6-12-30/h1-26H,27-28H2. The Morgan fingerprint density at radius 2 is 0.870 bits per heavy atom. The van der Waals surface area contributed by atoms with Gasteiger partial charge in [-0.15, -0.1) is 0 Å². The number of aromatic nitrogens is 2. The summed E-state index contributed by atoms with van der Waals surface area (Å²) < 4.78 is 12.2. The van der Waals surface area contributed by atoms with Gasteiger partial charge in [-0.2, -0.15) is 0 Å². The molecule has 0 fully saturated rings. The van der Waals surface area contributed by atoms with Crippen molar-refractivity contribution in [3.8, 4) is 11.5 Å². The Morgan fingerprint density at radius 1 is 0.435 bits per heavy atom. The summed E-state index contributed by atoms with van der Waals surface area (Å²) in [7, 11) is 0. The van der Waals surface area contributed by atoms with Crippen molar-refractivity contribution in [2.24, 2.45) is 9.98 Å². The molecule has 0 radical (unpaired) electrons. The zero-order valence-corrected chi connectivity index (χ0v) is 25.0. The molecule has 222 valence electrons. The van der Waals surface area contributed by atoms with Crippen LogP contribution in [0.5, 0.6) is 11.5 Å². The summed E-state index contributed by atoms with van der Waals surface area (Å²) in [4.78, 5) is 18.9. The van der Waals surface area contributed by atoms with Crippen LogP contribution in [0, 0.1) is 0 Å². The molecule has 5 aromatic carbocycles. The summed E-state index contributed by atoms with van der Waals surface area (Å²) in [5.74, 6) is 1.49. The fraction of sp³-hybridized carbons (Fsp3) is 0.0500. The van der Waals surface area contributed by atoms with Gasteiger partial charge in [-0.05, 0) is 59.7 Å². The van der Waals surface area contributed by atoms with Gasteiger partial charge in [0, 0.05) is 10.8 Å². The fourth-order valence-corrected chi connectivity index (χ4v) is 5.02. The lowest BCUT2D eigenvalue weighted by molar-refractivity contribution is 0.309. The Bertz CT molecular complexity index is 1990. The van der Waals surface area contributed by atoms with Crippen molar-refractivity contribution in [2.45, 2.75) is 13.2 Å². The molecule has 0 unspecified atom stereocenters. The molecule has 6 heteroatoms. The predicted octanol–water partition coefficient (Wildman–Crippen LogP) is 9.44. The van der Waals surface area contributed by atoms with Crippen LogP contribution in [-0.2, 0) is 13.2 Å². The van der Waals surface area contributed by atoms with E-state index in [-0.39, 0.29) is 0 Å². The summed E-state index contributed by atoms with van der Waals surface area (Å²) in [6.07, 6.45) is 3.53. The van der Waals surface area contributed by atoms with Gasteiger partial charge in [0.05, 0.1) is 35.2 Å². The molecule has 0 bridgehead atoms. The summed E-state index contributed by atoms with van der Waals surface area (Å²) in [6, 6.07) is 47.9. The Hall–Kier alpha value is -6.14. The molecule has 0 saturated heterocycles. The van der Waals surface area contributed by atoms with Crippen molar-refractivity contribution >= 4 is 45.6 Å². The van der Waals surface area contributed by atoms with E-state index < -0.39 is 0 Å². The first kappa shape index (κ1) is 28.6. The summed E-state index contributed by atoms with van der Waals surface area (Å²) in [5.41, 5.74) is 6.94. The molecular formula is C40H30N4O2. The van der Waals surface area contributed by atoms with Crippen LogP contribution >= 0.6 is 0 Å². The third-order valence-corrected chi connectivity index (χ3v) is 7.43. The molecule has 0 aliphatic rings. The smallest absolute Gasteiger partial charge is 0.146 e. The Balaban J connectivity index is 1.03. The zero-order valence-electron chi connectivity index (χ0n) is 25.0. The zero-order chi connectivity index (χ0) is 31.0.